The lowest BCUT2D eigenvalue weighted by Gasteiger charge is -2.04. The molecule has 1 N–H and O–H groups in total. The average Bonchev–Trinajstić information content (AvgIpc) is 2.73. The molecule has 0 atom stereocenters. The number of pyridine rings is 1. The molecule has 0 fully saturated rings. The van der Waals surface area contributed by atoms with Crippen LogP contribution < -0.4 is 4.74 Å². The number of aromatic carboxylic acids is 1. The van der Waals surface area contributed by atoms with Crippen molar-refractivity contribution < 1.29 is 14.6 Å². The standard InChI is InChI=1S/C11H8BrNO3S/c12-10-2-1-9(17-10)6-16-8-3-7(11(14)15)4-13-5-8/h1-5H,6H2,(H,14,15). The molecule has 0 aromatic carbocycles. The molecule has 0 saturated heterocycles. The van der Waals surface area contributed by atoms with Gasteiger partial charge < -0.3 is 9.84 Å². The Kier molecular flexibility index (Phi) is 3.75. The number of carboxylic acids is 1. The minimum atomic E-state index is -1.01. The Hall–Kier alpha value is -1.40. The minimum absolute atomic E-state index is 0.120. The molecule has 4 nitrogen and oxygen atoms in total. The van der Waals surface area contributed by atoms with Crippen molar-refractivity contribution in [3.05, 3.63) is 44.8 Å². The van der Waals surface area contributed by atoms with Gasteiger partial charge in [-0.25, -0.2) is 4.79 Å². The predicted molar refractivity (Wildman–Crippen MR) is 67.5 cm³/mol. The van der Waals surface area contributed by atoms with Crippen LogP contribution in [0.4, 0.5) is 0 Å². The number of thiophene rings is 1. The molecule has 88 valence electrons. The summed E-state index contributed by atoms with van der Waals surface area (Å²) in [6, 6.07) is 5.34. The number of nitrogens with zero attached hydrogens (tertiary/aromatic N) is 1. The number of ether oxygens (including phenoxy) is 1. The molecular formula is C11H8BrNO3S. The van der Waals surface area contributed by atoms with Crippen LogP contribution in [0.15, 0.2) is 34.4 Å². The van der Waals surface area contributed by atoms with E-state index in [1.54, 1.807) is 11.3 Å². The molecule has 0 unspecified atom stereocenters. The first-order valence-corrected chi connectivity index (χ1v) is 6.31. The van der Waals surface area contributed by atoms with Crippen molar-refractivity contribution in [2.45, 2.75) is 6.61 Å². The largest absolute Gasteiger partial charge is 0.486 e. The highest BCUT2D eigenvalue weighted by Crippen LogP contribution is 2.23. The number of rotatable bonds is 4. The van der Waals surface area contributed by atoms with Gasteiger partial charge in [-0.05, 0) is 34.1 Å². The van der Waals surface area contributed by atoms with Gasteiger partial charge in [0.1, 0.15) is 12.4 Å². The van der Waals surface area contributed by atoms with Gasteiger partial charge in [0, 0.05) is 11.1 Å². The maximum Gasteiger partial charge on any atom is 0.337 e. The molecule has 2 aromatic heterocycles. The number of halogens is 1. The summed E-state index contributed by atoms with van der Waals surface area (Å²) < 4.78 is 6.50. The van der Waals surface area contributed by atoms with Gasteiger partial charge in [0.25, 0.3) is 0 Å². The normalized spacial score (nSPS) is 10.2. The molecule has 0 aliphatic heterocycles. The fourth-order valence-electron chi connectivity index (χ4n) is 1.20. The van der Waals surface area contributed by atoms with E-state index in [0.29, 0.717) is 12.4 Å². The molecule has 0 aliphatic carbocycles. The third-order valence-corrected chi connectivity index (χ3v) is 3.57. The third-order valence-electron chi connectivity index (χ3n) is 1.97. The number of hydrogen-bond acceptors (Lipinski definition) is 4. The summed E-state index contributed by atoms with van der Waals surface area (Å²) in [6.07, 6.45) is 2.78. The number of carboxylic acid groups (broad SMARTS) is 1. The van der Waals surface area contributed by atoms with Crippen LogP contribution in [-0.2, 0) is 6.61 Å². The van der Waals surface area contributed by atoms with E-state index in [1.807, 2.05) is 12.1 Å². The Balaban J connectivity index is 2.04. The van der Waals surface area contributed by atoms with E-state index in [1.165, 1.54) is 18.5 Å². The van der Waals surface area contributed by atoms with E-state index >= 15 is 0 Å². The van der Waals surface area contributed by atoms with Crippen molar-refractivity contribution in [3.63, 3.8) is 0 Å². The van der Waals surface area contributed by atoms with Gasteiger partial charge in [-0.15, -0.1) is 11.3 Å². The van der Waals surface area contributed by atoms with Crippen LogP contribution in [0.2, 0.25) is 0 Å². The van der Waals surface area contributed by atoms with Crippen molar-refractivity contribution in [3.8, 4) is 5.75 Å². The SMILES string of the molecule is O=C(O)c1cncc(OCc2ccc(Br)s2)c1. The molecule has 2 rings (SSSR count). The average molecular weight is 314 g/mol. The Morgan fingerprint density at radius 2 is 2.29 bits per heavy atom. The van der Waals surface area contributed by atoms with Crippen molar-refractivity contribution in [1.82, 2.24) is 4.98 Å². The number of carbonyl (C=O) groups is 1. The second-order valence-electron chi connectivity index (χ2n) is 3.21. The van der Waals surface area contributed by atoms with E-state index in [9.17, 15) is 4.79 Å². The number of hydrogen-bond donors (Lipinski definition) is 1. The van der Waals surface area contributed by atoms with E-state index in [0.717, 1.165) is 8.66 Å². The second-order valence-corrected chi connectivity index (χ2v) is 5.76. The van der Waals surface area contributed by atoms with Gasteiger partial charge in [-0.1, -0.05) is 0 Å². The Morgan fingerprint density at radius 3 is 2.94 bits per heavy atom. The predicted octanol–water partition coefficient (Wildman–Crippen LogP) is 3.18. The lowest BCUT2D eigenvalue weighted by atomic mass is 10.3. The van der Waals surface area contributed by atoms with Crippen molar-refractivity contribution in [2.24, 2.45) is 0 Å². The third kappa shape index (κ3) is 3.28. The number of aromatic nitrogens is 1. The molecule has 0 radical (unpaired) electrons. The minimum Gasteiger partial charge on any atom is -0.486 e. The van der Waals surface area contributed by atoms with Gasteiger partial charge in [-0.2, -0.15) is 0 Å². The zero-order chi connectivity index (χ0) is 12.3. The molecule has 0 saturated carbocycles. The molecule has 0 aliphatic rings. The van der Waals surface area contributed by atoms with Crippen LogP contribution in [0.1, 0.15) is 15.2 Å². The van der Waals surface area contributed by atoms with Gasteiger partial charge in [-0.3, -0.25) is 4.98 Å². The van der Waals surface area contributed by atoms with E-state index in [4.69, 9.17) is 9.84 Å². The van der Waals surface area contributed by atoms with Gasteiger partial charge in [0.15, 0.2) is 0 Å². The highest BCUT2D eigenvalue weighted by molar-refractivity contribution is 9.11. The highest BCUT2D eigenvalue weighted by atomic mass is 79.9. The smallest absolute Gasteiger partial charge is 0.337 e. The van der Waals surface area contributed by atoms with Gasteiger partial charge in [0.05, 0.1) is 15.5 Å². The maximum absolute atomic E-state index is 10.7. The molecule has 2 heterocycles. The van der Waals surface area contributed by atoms with Crippen molar-refractivity contribution >= 4 is 33.2 Å². The van der Waals surface area contributed by atoms with Crippen molar-refractivity contribution in [1.29, 1.82) is 0 Å². The Bertz CT molecular complexity index is 541. The van der Waals surface area contributed by atoms with Gasteiger partial charge in [0.2, 0.25) is 0 Å². The quantitative estimate of drug-likeness (QED) is 0.941. The summed E-state index contributed by atoms with van der Waals surface area (Å²) in [4.78, 5) is 15.6. The van der Waals surface area contributed by atoms with Crippen molar-refractivity contribution in [2.75, 3.05) is 0 Å². The molecule has 0 amide bonds. The summed E-state index contributed by atoms with van der Waals surface area (Å²) in [5, 5.41) is 8.80. The van der Waals surface area contributed by atoms with Crippen LogP contribution in [0, 0.1) is 0 Å². The van der Waals surface area contributed by atoms with Crippen LogP contribution in [0.3, 0.4) is 0 Å². The first-order valence-electron chi connectivity index (χ1n) is 4.70. The van der Waals surface area contributed by atoms with E-state index < -0.39 is 5.97 Å². The maximum atomic E-state index is 10.7. The summed E-state index contributed by atoms with van der Waals surface area (Å²) in [7, 11) is 0. The Labute approximate surface area is 110 Å². The highest BCUT2D eigenvalue weighted by Gasteiger charge is 2.05. The molecular weight excluding hydrogens is 306 g/mol. The lowest BCUT2D eigenvalue weighted by molar-refractivity contribution is 0.0696. The van der Waals surface area contributed by atoms with Crippen LogP contribution in [-0.4, -0.2) is 16.1 Å². The zero-order valence-electron chi connectivity index (χ0n) is 8.59. The van der Waals surface area contributed by atoms with Gasteiger partial charge >= 0.3 is 5.97 Å². The first-order chi connectivity index (χ1) is 8.15. The summed E-state index contributed by atoms with van der Waals surface area (Å²) in [5.41, 5.74) is 0.120. The fourth-order valence-corrected chi connectivity index (χ4v) is 2.59. The van der Waals surface area contributed by atoms with E-state index in [2.05, 4.69) is 20.9 Å². The first kappa shape index (κ1) is 12.1. The molecule has 0 bridgehead atoms. The fraction of sp³-hybridized carbons (Fsp3) is 0.0909. The van der Waals surface area contributed by atoms with Crippen LogP contribution in [0.5, 0.6) is 5.75 Å². The van der Waals surface area contributed by atoms with Crippen LogP contribution in [0.25, 0.3) is 0 Å². The molecule has 0 spiro atoms. The summed E-state index contributed by atoms with van der Waals surface area (Å²) >= 11 is 4.93. The zero-order valence-corrected chi connectivity index (χ0v) is 11.0. The van der Waals surface area contributed by atoms with E-state index in [-0.39, 0.29) is 5.56 Å². The monoisotopic (exact) mass is 313 g/mol. The summed E-state index contributed by atoms with van der Waals surface area (Å²) in [5.74, 6) is -0.559. The Morgan fingerprint density at radius 1 is 1.47 bits per heavy atom. The molecule has 2 aromatic rings. The second kappa shape index (κ2) is 5.29. The lowest BCUT2D eigenvalue weighted by Crippen LogP contribution is -1.99. The van der Waals surface area contributed by atoms with Crippen LogP contribution >= 0.6 is 27.3 Å². The topological polar surface area (TPSA) is 59.4 Å². The molecule has 6 heteroatoms. The molecule has 17 heavy (non-hydrogen) atoms. The summed E-state index contributed by atoms with van der Waals surface area (Å²) in [6.45, 7) is 0.404.